The zero-order chi connectivity index (χ0) is 17.0. The van der Waals surface area contributed by atoms with Crippen molar-refractivity contribution in [3.05, 3.63) is 65.2 Å². The van der Waals surface area contributed by atoms with Crippen molar-refractivity contribution in [3.8, 4) is 0 Å². The Labute approximate surface area is 142 Å². The smallest absolute Gasteiger partial charge is 0.0441 e. The molecule has 0 radical (unpaired) electrons. The van der Waals surface area contributed by atoms with E-state index in [-0.39, 0.29) is 0 Å². The van der Waals surface area contributed by atoms with E-state index < -0.39 is 0 Å². The van der Waals surface area contributed by atoms with Gasteiger partial charge >= 0.3 is 0 Å². The van der Waals surface area contributed by atoms with E-state index in [1.807, 2.05) is 0 Å². The zero-order valence-corrected chi connectivity index (χ0v) is 15.5. The van der Waals surface area contributed by atoms with Crippen molar-refractivity contribution in [1.29, 1.82) is 0 Å². The second-order valence-electron chi connectivity index (χ2n) is 7.30. The van der Waals surface area contributed by atoms with Crippen molar-refractivity contribution in [2.45, 2.75) is 66.0 Å². The van der Waals surface area contributed by atoms with Gasteiger partial charge in [-0.15, -0.1) is 0 Å². The molecule has 0 aliphatic heterocycles. The van der Waals surface area contributed by atoms with Crippen LogP contribution in [0.2, 0.25) is 0 Å². The molecule has 0 atom stereocenters. The Bertz CT molecular complexity index is 585. The Morgan fingerprint density at radius 1 is 0.696 bits per heavy atom. The first kappa shape index (κ1) is 17.6. The average Bonchev–Trinajstić information content (AvgIpc) is 2.52. The molecule has 0 aliphatic carbocycles. The number of rotatable bonds is 6. The molecule has 1 nitrogen and oxygen atoms in total. The summed E-state index contributed by atoms with van der Waals surface area (Å²) in [7, 11) is 0. The molecule has 0 N–H and O–H groups in total. The zero-order valence-electron chi connectivity index (χ0n) is 15.5. The molecular weight excluding hydrogens is 278 g/mol. The Kier molecular flexibility index (Phi) is 5.87. The SMILES string of the molecule is CC(C)c1cccc(C(C)C)c1N(Cc1ccccc1)C(C)C. The van der Waals surface area contributed by atoms with Crippen LogP contribution in [0, 0.1) is 0 Å². The first-order chi connectivity index (χ1) is 10.9. The highest BCUT2D eigenvalue weighted by Gasteiger charge is 2.21. The maximum atomic E-state index is 2.57. The molecule has 124 valence electrons. The minimum atomic E-state index is 0.465. The third kappa shape index (κ3) is 4.16. The third-order valence-electron chi connectivity index (χ3n) is 4.45. The highest BCUT2D eigenvalue weighted by Crippen LogP contribution is 2.37. The monoisotopic (exact) mass is 309 g/mol. The van der Waals surface area contributed by atoms with Crippen molar-refractivity contribution >= 4 is 5.69 Å². The molecule has 0 fully saturated rings. The van der Waals surface area contributed by atoms with Gasteiger partial charge in [-0.25, -0.2) is 0 Å². The standard InChI is InChI=1S/C22H31N/c1-16(2)20-13-10-14-21(17(3)4)22(20)23(18(5)6)15-19-11-8-7-9-12-19/h7-14,16-18H,15H2,1-6H3. The molecule has 1 heteroatoms. The summed E-state index contributed by atoms with van der Waals surface area (Å²) in [6.07, 6.45) is 0. The van der Waals surface area contributed by atoms with Crippen LogP contribution in [0.4, 0.5) is 5.69 Å². The van der Waals surface area contributed by atoms with E-state index in [0.717, 1.165) is 6.54 Å². The molecule has 0 saturated carbocycles. The van der Waals surface area contributed by atoms with Crippen LogP contribution in [-0.4, -0.2) is 6.04 Å². The van der Waals surface area contributed by atoms with Gasteiger partial charge in [-0.1, -0.05) is 76.2 Å². The normalized spacial score (nSPS) is 11.5. The highest BCUT2D eigenvalue weighted by atomic mass is 15.2. The van der Waals surface area contributed by atoms with Gasteiger partial charge in [-0.2, -0.15) is 0 Å². The number of para-hydroxylation sites is 1. The molecular formula is C22H31N. The van der Waals surface area contributed by atoms with Crippen LogP contribution in [0.3, 0.4) is 0 Å². The summed E-state index contributed by atoms with van der Waals surface area (Å²) in [4.78, 5) is 2.57. The number of hydrogen-bond acceptors (Lipinski definition) is 1. The third-order valence-corrected chi connectivity index (χ3v) is 4.45. The van der Waals surface area contributed by atoms with Gasteiger partial charge in [0.05, 0.1) is 0 Å². The molecule has 0 aliphatic rings. The first-order valence-corrected chi connectivity index (χ1v) is 8.85. The maximum Gasteiger partial charge on any atom is 0.0441 e. The van der Waals surface area contributed by atoms with Crippen molar-refractivity contribution < 1.29 is 0 Å². The Morgan fingerprint density at radius 2 is 1.22 bits per heavy atom. The van der Waals surface area contributed by atoms with Crippen molar-refractivity contribution in [1.82, 2.24) is 0 Å². The summed E-state index contributed by atoms with van der Waals surface area (Å²) in [5.74, 6) is 1.06. The quantitative estimate of drug-likeness (QED) is 0.601. The van der Waals surface area contributed by atoms with Crippen molar-refractivity contribution in [2.24, 2.45) is 0 Å². The highest BCUT2D eigenvalue weighted by molar-refractivity contribution is 5.62. The number of nitrogens with zero attached hydrogens (tertiary/aromatic N) is 1. The van der Waals surface area contributed by atoms with Crippen LogP contribution in [0.15, 0.2) is 48.5 Å². The summed E-state index contributed by atoms with van der Waals surface area (Å²) in [6.45, 7) is 14.7. The van der Waals surface area contributed by atoms with Gasteiger partial charge in [0.15, 0.2) is 0 Å². The van der Waals surface area contributed by atoms with E-state index in [9.17, 15) is 0 Å². The minimum absolute atomic E-state index is 0.465. The summed E-state index contributed by atoms with van der Waals surface area (Å²) in [5.41, 5.74) is 5.73. The second kappa shape index (κ2) is 7.68. The maximum absolute atomic E-state index is 2.57. The van der Waals surface area contributed by atoms with E-state index in [0.29, 0.717) is 17.9 Å². The molecule has 23 heavy (non-hydrogen) atoms. The molecule has 2 rings (SSSR count). The van der Waals surface area contributed by atoms with Gasteiger partial charge in [-0.3, -0.25) is 0 Å². The molecule has 2 aromatic carbocycles. The molecule has 0 spiro atoms. The fourth-order valence-electron chi connectivity index (χ4n) is 3.14. The lowest BCUT2D eigenvalue weighted by atomic mass is 9.91. The summed E-state index contributed by atoms with van der Waals surface area (Å²) < 4.78 is 0. The molecule has 2 aromatic rings. The number of anilines is 1. The van der Waals surface area contributed by atoms with Crippen LogP contribution in [0.5, 0.6) is 0 Å². The van der Waals surface area contributed by atoms with Gasteiger partial charge in [-0.05, 0) is 42.4 Å². The van der Waals surface area contributed by atoms with Crippen LogP contribution in [0.1, 0.15) is 70.1 Å². The lowest BCUT2D eigenvalue weighted by Crippen LogP contribution is -2.32. The lowest BCUT2D eigenvalue weighted by molar-refractivity contribution is 0.664. The summed E-state index contributed by atoms with van der Waals surface area (Å²) in [6, 6.07) is 18.1. The predicted molar refractivity (Wildman–Crippen MR) is 102 cm³/mol. The second-order valence-corrected chi connectivity index (χ2v) is 7.30. The molecule has 0 saturated heterocycles. The van der Waals surface area contributed by atoms with E-state index >= 15 is 0 Å². The minimum Gasteiger partial charge on any atom is -0.364 e. The van der Waals surface area contributed by atoms with E-state index in [2.05, 4.69) is 95.0 Å². The van der Waals surface area contributed by atoms with E-state index in [1.54, 1.807) is 0 Å². The van der Waals surface area contributed by atoms with Crippen LogP contribution < -0.4 is 4.90 Å². The average molecular weight is 309 g/mol. The van der Waals surface area contributed by atoms with Gasteiger partial charge in [0, 0.05) is 18.3 Å². The fourth-order valence-corrected chi connectivity index (χ4v) is 3.14. The van der Waals surface area contributed by atoms with E-state index in [4.69, 9.17) is 0 Å². The molecule has 0 amide bonds. The number of hydrogen-bond donors (Lipinski definition) is 0. The molecule has 0 bridgehead atoms. The summed E-state index contributed by atoms with van der Waals surface area (Å²) in [5, 5.41) is 0. The Hall–Kier alpha value is -1.76. The summed E-state index contributed by atoms with van der Waals surface area (Å²) >= 11 is 0. The Balaban J connectivity index is 2.53. The first-order valence-electron chi connectivity index (χ1n) is 8.85. The van der Waals surface area contributed by atoms with E-state index in [1.165, 1.54) is 22.4 Å². The molecule has 0 unspecified atom stereocenters. The van der Waals surface area contributed by atoms with Crippen LogP contribution in [-0.2, 0) is 6.54 Å². The molecule has 0 heterocycles. The molecule has 0 aromatic heterocycles. The van der Waals surface area contributed by atoms with Gasteiger partial charge < -0.3 is 4.90 Å². The lowest BCUT2D eigenvalue weighted by Gasteiger charge is -2.35. The number of benzene rings is 2. The topological polar surface area (TPSA) is 3.24 Å². The predicted octanol–water partition coefficient (Wildman–Crippen LogP) is 6.35. The van der Waals surface area contributed by atoms with Crippen molar-refractivity contribution in [2.75, 3.05) is 4.90 Å². The van der Waals surface area contributed by atoms with Crippen LogP contribution >= 0.6 is 0 Å². The van der Waals surface area contributed by atoms with Gasteiger partial charge in [0.1, 0.15) is 0 Å². The van der Waals surface area contributed by atoms with Crippen molar-refractivity contribution in [3.63, 3.8) is 0 Å². The largest absolute Gasteiger partial charge is 0.364 e. The Morgan fingerprint density at radius 3 is 1.65 bits per heavy atom. The fraction of sp³-hybridized carbons (Fsp3) is 0.455. The van der Waals surface area contributed by atoms with Crippen LogP contribution in [0.25, 0.3) is 0 Å². The van der Waals surface area contributed by atoms with Gasteiger partial charge in [0.25, 0.3) is 0 Å². The van der Waals surface area contributed by atoms with Gasteiger partial charge in [0.2, 0.25) is 0 Å².